The molecule has 1 atom stereocenters. The minimum absolute atomic E-state index is 0. The smallest absolute Gasteiger partial charge is 0.269 e. The lowest BCUT2D eigenvalue weighted by Crippen LogP contribution is -2.26. The number of benzene rings is 1. The van der Waals surface area contributed by atoms with Crippen LogP contribution in [0.5, 0.6) is 5.75 Å². The van der Waals surface area contributed by atoms with Crippen molar-refractivity contribution >= 4 is 30.3 Å². The topological polar surface area (TPSA) is 99.1 Å². The van der Waals surface area contributed by atoms with Gasteiger partial charge in [0, 0.05) is 42.4 Å². The second-order valence-electron chi connectivity index (χ2n) is 5.21. The molecule has 124 valence electrons. The summed E-state index contributed by atoms with van der Waals surface area (Å²) < 4.78 is 8.37. The number of H-pyrrole nitrogens is 1. The molecule has 0 aliphatic carbocycles. The molecule has 3 rings (SSSR count). The van der Waals surface area contributed by atoms with Gasteiger partial charge in [0.2, 0.25) is 0 Å². The van der Waals surface area contributed by atoms with E-state index >= 15 is 0 Å². The standard InChI is InChI=1S/C14H16N4O3S.ClH/c15-4-3-11-7-16-14(22)17(11)12-6-9-5-10(18(19)20)1-2-13(9)21-8-12;/h1-2,5,7,12H,3-4,6,8,15H2,(H,16,22);1H/t12-;/m0./s1. The number of aromatic amines is 1. The van der Waals surface area contributed by atoms with Crippen molar-refractivity contribution in [2.24, 2.45) is 5.73 Å². The van der Waals surface area contributed by atoms with Crippen LogP contribution in [0, 0.1) is 14.9 Å². The number of non-ortho nitro benzene ring substituents is 1. The predicted octanol–water partition coefficient (Wildman–Crippen LogP) is 2.55. The largest absolute Gasteiger partial charge is 0.491 e. The molecule has 23 heavy (non-hydrogen) atoms. The molecular weight excluding hydrogens is 340 g/mol. The second kappa shape index (κ2) is 7.12. The van der Waals surface area contributed by atoms with E-state index in [0.29, 0.717) is 36.5 Å². The molecule has 1 aliphatic rings. The molecule has 0 bridgehead atoms. The zero-order valence-corrected chi connectivity index (χ0v) is 13.9. The van der Waals surface area contributed by atoms with Crippen molar-refractivity contribution in [3.63, 3.8) is 0 Å². The highest BCUT2D eigenvalue weighted by Crippen LogP contribution is 2.33. The van der Waals surface area contributed by atoms with Crippen LogP contribution in [-0.4, -0.2) is 27.6 Å². The number of fused-ring (bicyclic) bond motifs is 1. The van der Waals surface area contributed by atoms with Crippen molar-refractivity contribution in [1.29, 1.82) is 0 Å². The molecule has 2 aromatic rings. The molecule has 1 aliphatic heterocycles. The van der Waals surface area contributed by atoms with Gasteiger partial charge in [-0.2, -0.15) is 0 Å². The number of ether oxygens (including phenoxy) is 1. The number of imidazole rings is 1. The van der Waals surface area contributed by atoms with E-state index in [0.717, 1.165) is 11.3 Å². The summed E-state index contributed by atoms with van der Waals surface area (Å²) in [4.78, 5) is 13.5. The van der Waals surface area contributed by atoms with Crippen LogP contribution in [-0.2, 0) is 12.8 Å². The number of nitrogens with one attached hydrogen (secondary N) is 1. The fraction of sp³-hybridized carbons (Fsp3) is 0.357. The maximum absolute atomic E-state index is 10.9. The summed E-state index contributed by atoms with van der Waals surface area (Å²) >= 11 is 5.34. The number of nitro groups is 1. The molecular formula is C14H17ClN4O3S. The lowest BCUT2D eigenvalue weighted by Gasteiger charge is -2.27. The first kappa shape index (κ1) is 17.5. The molecule has 3 N–H and O–H groups in total. The number of nitro benzene ring substituents is 1. The van der Waals surface area contributed by atoms with Crippen LogP contribution in [0.25, 0.3) is 0 Å². The lowest BCUT2D eigenvalue weighted by atomic mass is 10.0. The van der Waals surface area contributed by atoms with Gasteiger partial charge in [0.1, 0.15) is 12.4 Å². The summed E-state index contributed by atoms with van der Waals surface area (Å²) in [7, 11) is 0. The number of hydrogen-bond donors (Lipinski definition) is 2. The van der Waals surface area contributed by atoms with Crippen molar-refractivity contribution in [2.75, 3.05) is 13.2 Å². The number of nitrogens with two attached hydrogens (primary N) is 1. The van der Waals surface area contributed by atoms with Crippen LogP contribution in [0.2, 0.25) is 0 Å². The number of rotatable bonds is 4. The Hall–Kier alpha value is -1.90. The highest BCUT2D eigenvalue weighted by molar-refractivity contribution is 7.71. The van der Waals surface area contributed by atoms with Gasteiger partial charge >= 0.3 is 0 Å². The predicted molar refractivity (Wildman–Crippen MR) is 91.0 cm³/mol. The van der Waals surface area contributed by atoms with Crippen LogP contribution in [0.4, 0.5) is 5.69 Å². The summed E-state index contributed by atoms with van der Waals surface area (Å²) in [5.74, 6) is 0.698. The van der Waals surface area contributed by atoms with Gasteiger partial charge in [0.15, 0.2) is 4.77 Å². The molecule has 0 saturated carbocycles. The average molecular weight is 357 g/mol. The van der Waals surface area contributed by atoms with E-state index in [9.17, 15) is 10.1 Å². The number of nitrogens with zero attached hydrogens (tertiary/aromatic N) is 2. The maximum atomic E-state index is 10.9. The van der Waals surface area contributed by atoms with E-state index in [1.807, 2.05) is 10.8 Å². The third kappa shape index (κ3) is 3.39. The number of hydrogen-bond acceptors (Lipinski definition) is 5. The van der Waals surface area contributed by atoms with E-state index in [1.165, 1.54) is 6.07 Å². The molecule has 0 radical (unpaired) electrons. The quantitative estimate of drug-likeness (QED) is 0.498. The Labute approximate surface area is 144 Å². The molecule has 0 saturated heterocycles. The normalized spacial score (nSPS) is 16.1. The minimum Gasteiger partial charge on any atom is -0.491 e. The SMILES string of the molecule is Cl.NCCc1c[nH]c(=S)n1[C@@H]1COc2ccc([N+](=O)[O-])cc2C1. The monoisotopic (exact) mass is 356 g/mol. The summed E-state index contributed by atoms with van der Waals surface area (Å²) in [6.45, 7) is 1.01. The molecule has 1 aromatic heterocycles. The number of aromatic nitrogens is 2. The Bertz CT molecular complexity index is 774. The third-order valence-electron chi connectivity index (χ3n) is 3.80. The first-order valence-electron chi connectivity index (χ1n) is 6.99. The van der Waals surface area contributed by atoms with Gasteiger partial charge in [-0.25, -0.2) is 0 Å². The Morgan fingerprint density at radius 3 is 3.00 bits per heavy atom. The van der Waals surface area contributed by atoms with Gasteiger partial charge in [0.05, 0.1) is 11.0 Å². The molecule has 9 heteroatoms. The average Bonchev–Trinajstić information content (AvgIpc) is 2.87. The Morgan fingerprint density at radius 1 is 1.52 bits per heavy atom. The molecule has 2 heterocycles. The van der Waals surface area contributed by atoms with E-state index in [4.69, 9.17) is 22.7 Å². The van der Waals surface area contributed by atoms with Crippen molar-refractivity contribution < 1.29 is 9.66 Å². The fourth-order valence-electron chi connectivity index (χ4n) is 2.80. The van der Waals surface area contributed by atoms with Gasteiger partial charge < -0.3 is 20.0 Å². The number of halogens is 1. The lowest BCUT2D eigenvalue weighted by molar-refractivity contribution is -0.385. The molecule has 0 fully saturated rings. The van der Waals surface area contributed by atoms with Crippen LogP contribution >= 0.6 is 24.6 Å². The Kier molecular flexibility index (Phi) is 5.40. The summed E-state index contributed by atoms with van der Waals surface area (Å²) in [5.41, 5.74) is 7.55. The van der Waals surface area contributed by atoms with Crippen LogP contribution in [0.1, 0.15) is 17.3 Å². The van der Waals surface area contributed by atoms with E-state index in [-0.39, 0.29) is 24.1 Å². The van der Waals surface area contributed by atoms with Crippen LogP contribution < -0.4 is 10.5 Å². The summed E-state index contributed by atoms with van der Waals surface area (Å²) in [5, 5.41) is 10.9. The Balaban J connectivity index is 0.00000192. The highest BCUT2D eigenvalue weighted by atomic mass is 35.5. The highest BCUT2D eigenvalue weighted by Gasteiger charge is 2.25. The van der Waals surface area contributed by atoms with Crippen molar-refractivity contribution in [3.05, 3.63) is 50.5 Å². The molecule has 7 nitrogen and oxygen atoms in total. The molecule has 0 spiro atoms. The first-order valence-corrected chi connectivity index (χ1v) is 7.40. The van der Waals surface area contributed by atoms with Crippen LogP contribution in [0.3, 0.4) is 0 Å². The minimum atomic E-state index is -0.397. The van der Waals surface area contributed by atoms with Gasteiger partial charge in [-0.15, -0.1) is 12.4 Å². The van der Waals surface area contributed by atoms with Crippen molar-refractivity contribution in [3.8, 4) is 5.75 Å². The third-order valence-corrected chi connectivity index (χ3v) is 4.11. The first-order chi connectivity index (χ1) is 10.6. The summed E-state index contributed by atoms with van der Waals surface area (Å²) in [6.07, 6.45) is 3.21. The Morgan fingerprint density at radius 2 is 2.30 bits per heavy atom. The molecule has 0 unspecified atom stereocenters. The second-order valence-corrected chi connectivity index (χ2v) is 5.60. The maximum Gasteiger partial charge on any atom is 0.269 e. The van der Waals surface area contributed by atoms with E-state index in [2.05, 4.69) is 4.98 Å². The molecule has 1 aromatic carbocycles. The van der Waals surface area contributed by atoms with Gasteiger partial charge in [-0.1, -0.05) is 0 Å². The van der Waals surface area contributed by atoms with Gasteiger partial charge in [-0.3, -0.25) is 10.1 Å². The fourth-order valence-corrected chi connectivity index (χ4v) is 3.12. The van der Waals surface area contributed by atoms with Crippen LogP contribution in [0.15, 0.2) is 24.4 Å². The zero-order valence-electron chi connectivity index (χ0n) is 12.2. The van der Waals surface area contributed by atoms with Gasteiger partial charge in [-0.05, 0) is 24.8 Å². The van der Waals surface area contributed by atoms with Crippen molar-refractivity contribution in [2.45, 2.75) is 18.9 Å². The molecule has 0 amide bonds. The van der Waals surface area contributed by atoms with Crippen molar-refractivity contribution in [1.82, 2.24) is 9.55 Å². The van der Waals surface area contributed by atoms with Gasteiger partial charge in [0.25, 0.3) is 5.69 Å². The van der Waals surface area contributed by atoms with E-state index in [1.54, 1.807) is 12.1 Å². The zero-order chi connectivity index (χ0) is 15.7. The van der Waals surface area contributed by atoms with E-state index < -0.39 is 4.92 Å². The summed E-state index contributed by atoms with van der Waals surface area (Å²) in [6, 6.07) is 4.69.